The summed E-state index contributed by atoms with van der Waals surface area (Å²) in [6, 6.07) is 9.47. The second-order valence-electron chi connectivity index (χ2n) is 6.96. The molecule has 0 bridgehead atoms. The summed E-state index contributed by atoms with van der Waals surface area (Å²) in [5.74, 6) is -0.0911. The lowest BCUT2D eigenvalue weighted by Crippen LogP contribution is -2.28. The molecular formula is C20H27N3O2S. The summed E-state index contributed by atoms with van der Waals surface area (Å²) in [6.45, 7) is 3.79. The quantitative estimate of drug-likeness (QED) is 0.865. The lowest BCUT2D eigenvalue weighted by atomic mass is 10.0. The first-order chi connectivity index (χ1) is 12.5. The van der Waals surface area contributed by atoms with E-state index in [0.29, 0.717) is 10.9 Å². The molecule has 2 aromatic rings. The van der Waals surface area contributed by atoms with E-state index in [1.807, 2.05) is 51.2 Å². The van der Waals surface area contributed by atoms with Crippen molar-refractivity contribution in [3.8, 4) is 5.69 Å². The molecule has 1 aromatic heterocycles. The van der Waals surface area contributed by atoms with Gasteiger partial charge in [0.15, 0.2) is 0 Å². The minimum atomic E-state index is -0.195. The fourth-order valence-corrected chi connectivity index (χ4v) is 4.85. The summed E-state index contributed by atoms with van der Waals surface area (Å²) < 4.78 is 3.37. The van der Waals surface area contributed by atoms with Crippen LogP contribution in [0.4, 0.5) is 5.69 Å². The Morgan fingerprint density at radius 1 is 1.19 bits per heavy atom. The summed E-state index contributed by atoms with van der Waals surface area (Å²) in [6.07, 6.45) is 6.19. The number of nitrogens with zero attached hydrogens (tertiary/aromatic N) is 2. The number of thioether (sulfide) groups is 1. The lowest BCUT2D eigenvalue weighted by Gasteiger charge is -2.23. The number of carbonyl (C=O) groups is 1. The minimum Gasteiger partial charge on any atom is -0.319 e. The number of rotatable bonds is 5. The van der Waals surface area contributed by atoms with Gasteiger partial charge in [0.25, 0.3) is 5.56 Å². The van der Waals surface area contributed by atoms with Crippen LogP contribution in [0.1, 0.15) is 44.7 Å². The van der Waals surface area contributed by atoms with Gasteiger partial charge in [0.1, 0.15) is 5.69 Å². The summed E-state index contributed by atoms with van der Waals surface area (Å²) in [7, 11) is 1.83. The van der Waals surface area contributed by atoms with Crippen molar-refractivity contribution in [1.29, 1.82) is 0 Å². The van der Waals surface area contributed by atoms with E-state index in [1.165, 1.54) is 32.1 Å². The number of nitrogens with one attached hydrogen (secondary N) is 1. The molecule has 1 aliphatic carbocycles. The van der Waals surface area contributed by atoms with Crippen molar-refractivity contribution in [2.75, 3.05) is 5.32 Å². The highest BCUT2D eigenvalue weighted by molar-refractivity contribution is 8.01. The normalized spacial score (nSPS) is 16.4. The van der Waals surface area contributed by atoms with E-state index in [2.05, 4.69) is 5.32 Å². The SMILES string of the molecule is Cc1c(NC(=O)C(C)SC2CCCCC2)c(=O)n(-c2ccccc2)n1C. The van der Waals surface area contributed by atoms with Crippen molar-refractivity contribution in [3.05, 3.63) is 46.4 Å². The number of hydrogen-bond donors (Lipinski definition) is 1. The van der Waals surface area contributed by atoms with Gasteiger partial charge in [0.05, 0.1) is 16.6 Å². The number of anilines is 1. The van der Waals surface area contributed by atoms with E-state index in [0.717, 1.165) is 11.4 Å². The van der Waals surface area contributed by atoms with Gasteiger partial charge in [-0.2, -0.15) is 0 Å². The first kappa shape index (κ1) is 18.8. The van der Waals surface area contributed by atoms with E-state index in [1.54, 1.807) is 21.1 Å². The van der Waals surface area contributed by atoms with Gasteiger partial charge < -0.3 is 5.32 Å². The van der Waals surface area contributed by atoms with E-state index in [4.69, 9.17) is 0 Å². The summed E-state index contributed by atoms with van der Waals surface area (Å²) >= 11 is 1.74. The average molecular weight is 374 g/mol. The Bertz CT molecular complexity index is 820. The Kier molecular flexibility index (Phi) is 5.91. The lowest BCUT2D eigenvalue weighted by molar-refractivity contribution is -0.115. The molecule has 0 radical (unpaired) electrons. The standard InChI is InChI=1S/C20H27N3O2S/c1-14-18(20(25)23(22(14)3)16-10-6-4-7-11-16)21-19(24)15(2)26-17-12-8-5-9-13-17/h4,6-7,10-11,15,17H,5,8-9,12-13H2,1-3H3,(H,21,24). The first-order valence-corrected chi connectivity index (χ1v) is 10.2. The Hall–Kier alpha value is -1.95. The molecule has 1 atom stereocenters. The van der Waals surface area contributed by atoms with Gasteiger partial charge in [-0.25, -0.2) is 4.68 Å². The number of aromatic nitrogens is 2. The maximum absolute atomic E-state index is 12.9. The third-order valence-corrected chi connectivity index (χ3v) is 6.60. The van der Waals surface area contributed by atoms with Crippen LogP contribution in [0.2, 0.25) is 0 Å². The van der Waals surface area contributed by atoms with Gasteiger partial charge in [-0.15, -0.1) is 11.8 Å². The highest BCUT2D eigenvalue weighted by Gasteiger charge is 2.24. The Morgan fingerprint density at radius 3 is 2.50 bits per heavy atom. The Balaban J connectivity index is 1.77. The van der Waals surface area contributed by atoms with Crippen LogP contribution in [0.25, 0.3) is 5.69 Å². The predicted octanol–water partition coefficient (Wildman–Crippen LogP) is 3.88. The van der Waals surface area contributed by atoms with Crippen molar-refractivity contribution in [3.63, 3.8) is 0 Å². The maximum Gasteiger partial charge on any atom is 0.295 e. The van der Waals surface area contributed by atoms with Crippen LogP contribution in [-0.4, -0.2) is 25.8 Å². The van der Waals surface area contributed by atoms with Crippen LogP contribution in [0.5, 0.6) is 0 Å². The molecular weight excluding hydrogens is 346 g/mol. The topological polar surface area (TPSA) is 56.0 Å². The molecule has 1 amide bonds. The smallest absolute Gasteiger partial charge is 0.295 e. The van der Waals surface area contributed by atoms with Crippen molar-refractivity contribution in [2.45, 2.75) is 56.5 Å². The second-order valence-corrected chi connectivity index (χ2v) is 8.61. The second kappa shape index (κ2) is 8.16. The summed E-state index contributed by atoms with van der Waals surface area (Å²) in [5.41, 5.74) is 1.71. The highest BCUT2D eigenvalue weighted by atomic mass is 32.2. The number of hydrogen-bond acceptors (Lipinski definition) is 3. The molecule has 3 rings (SSSR count). The van der Waals surface area contributed by atoms with Gasteiger partial charge in [0.2, 0.25) is 5.91 Å². The van der Waals surface area contributed by atoms with E-state index < -0.39 is 0 Å². The number of para-hydroxylation sites is 1. The predicted molar refractivity (Wildman–Crippen MR) is 108 cm³/mol. The van der Waals surface area contributed by atoms with E-state index >= 15 is 0 Å². The van der Waals surface area contributed by atoms with Crippen LogP contribution in [0, 0.1) is 6.92 Å². The molecule has 1 fully saturated rings. The Morgan fingerprint density at radius 2 is 1.85 bits per heavy atom. The highest BCUT2D eigenvalue weighted by Crippen LogP contribution is 2.31. The third kappa shape index (κ3) is 3.90. The van der Waals surface area contributed by atoms with Crippen molar-refractivity contribution in [2.24, 2.45) is 7.05 Å². The summed E-state index contributed by atoms with van der Waals surface area (Å²) in [4.78, 5) is 25.5. The third-order valence-electron chi connectivity index (χ3n) is 5.12. The molecule has 6 heteroatoms. The zero-order valence-corrected chi connectivity index (χ0v) is 16.5. The number of carbonyl (C=O) groups excluding carboxylic acids is 1. The van der Waals surface area contributed by atoms with Crippen LogP contribution >= 0.6 is 11.8 Å². The van der Waals surface area contributed by atoms with Crippen LogP contribution < -0.4 is 10.9 Å². The van der Waals surface area contributed by atoms with Crippen LogP contribution in [-0.2, 0) is 11.8 Å². The van der Waals surface area contributed by atoms with Gasteiger partial charge in [-0.1, -0.05) is 37.5 Å². The molecule has 1 aliphatic rings. The molecule has 1 heterocycles. The molecule has 1 saturated carbocycles. The maximum atomic E-state index is 12.9. The molecule has 1 N–H and O–H groups in total. The van der Waals surface area contributed by atoms with E-state index in [9.17, 15) is 9.59 Å². The minimum absolute atomic E-state index is 0.0911. The zero-order valence-electron chi connectivity index (χ0n) is 15.7. The molecule has 1 aromatic carbocycles. The van der Waals surface area contributed by atoms with Crippen LogP contribution in [0.15, 0.2) is 35.1 Å². The van der Waals surface area contributed by atoms with Crippen LogP contribution in [0.3, 0.4) is 0 Å². The Labute approximate surface area is 158 Å². The average Bonchev–Trinajstić information content (AvgIpc) is 2.86. The number of benzene rings is 1. The first-order valence-electron chi connectivity index (χ1n) is 9.29. The fourth-order valence-electron chi connectivity index (χ4n) is 3.49. The fraction of sp³-hybridized carbons (Fsp3) is 0.500. The van der Waals surface area contributed by atoms with Crippen molar-refractivity contribution < 1.29 is 4.79 Å². The van der Waals surface area contributed by atoms with Gasteiger partial charge >= 0.3 is 0 Å². The molecule has 0 saturated heterocycles. The molecule has 1 unspecified atom stereocenters. The van der Waals surface area contributed by atoms with Crippen molar-refractivity contribution in [1.82, 2.24) is 9.36 Å². The van der Waals surface area contributed by atoms with Crippen molar-refractivity contribution >= 4 is 23.4 Å². The van der Waals surface area contributed by atoms with E-state index in [-0.39, 0.29) is 16.7 Å². The largest absolute Gasteiger partial charge is 0.319 e. The van der Waals surface area contributed by atoms with Gasteiger partial charge in [-0.3, -0.25) is 14.3 Å². The summed E-state index contributed by atoms with van der Waals surface area (Å²) in [5, 5.41) is 3.28. The monoisotopic (exact) mass is 373 g/mol. The zero-order chi connectivity index (χ0) is 18.7. The molecule has 0 spiro atoms. The molecule has 26 heavy (non-hydrogen) atoms. The van der Waals surface area contributed by atoms with Gasteiger partial charge in [-0.05, 0) is 38.8 Å². The molecule has 140 valence electrons. The molecule has 0 aliphatic heterocycles. The number of amides is 1. The molecule has 5 nitrogen and oxygen atoms in total. The van der Waals surface area contributed by atoms with Gasteiger partial charge in [0, 0.05) is 12.3 Å².